The van der Waals surface area contributed by atoms with E-state index in [9.17, 15) is 13.6 Å². The molecule has 6 heteroatoms. The minimum Gasteiger partial charge on any atom is -0.381 e. The molecule has 0 aromatic heterocycles. The Labute approximate surface area is 140 Å². The van der Waals surface area contributed by atoms with Crippen molar-refractivity contribution >= 4 is 5.91 Å². The number of nitrogens with zero attached hydrogens (tertiary/aromatic N) is 1. The molecule has 2 aliphatic rings. The smallest absolute Gasteiger partial charge is 0.226 e. The van der Waals surface area contributed by atoms with Crippen LogP contribution in [0.3, 0.4) is 0 Å². The molecular formula is C18H23F2NO3. The highest BCUT2D eigenvalue weighted by Gasteiger charge is 2.25. The van der Waals surface area contributed by atoms with E-state index in [2.05, 4.69) is 0 Å². The predicted molar refractivity (Wildman–Crippen MR) is 84.5 cm³/mol. The molecule has 1 atom stereocenters. The number of benzene rings is 1. The first kappa shape index (κ1) is 17.3. The van der Waals surface area contributed by atoms with Gasteiger partial charge in [0, 0.05) is 25.6 Å². The minimum atomic E-state index is -0.914. The molecule has 4 nitrogen and oxygen atoms in total. The Morgan fingerprint density at radius 2 is 2.00 bits per heavy atom. The van der Waals surface area contributed by atoms with Gasteiger partial charge in [-0.25, -0.2) is 8.78 Å². The molecule has 1 unspecified atom stereocenters. The van der Waals surface area contributed by atoms with Crippen LogP contribution >= 0.6 is 0 Å². The molecule has 1 aromatic rings. The molecule has 0 aliphatic carbocycles. The lowest BCUT2D eigenvalue weighted by Crippen LogP contribution is -2.42. The fourth-order valence-electron chi connectivity index (χ4n) is 3.19. The van der Waals surface area contributed by atoms with Crippen LogP contribution in [0.4, 0.5) is 8.78 Å². The van der Waals surface area contributed by atoms with Crippen molar-refractivity contribution in [3.8, 4) is 0 Å². The summed E-state index contributed by atoms with van der Waals surface area (Å²) < 4.78 is 37.4. The van der Waals surface area contributed by atoms with Gasteiger partial charge < -0.3 is 14.4 Å². The average molecular weight is 339 g/mol. The van der Waals surface area contributed by atoms with Crippen molar-refractivity contribution in [2.75, 3.05) is 32.9 Å². The zero-order chi connectivity index (χ0) is 16.9. The number of amides is 1. The highest BCUT2D eigenvalue weighted by molar-refractivity contribution is 5.78. The Morgan fingerprint density at radius 1 is 1.21 bits per heavy atom. The SMILES string of the molecule is O=C(Cc1ccc(F)c(F)c1)N1CCC(OCC2CCOC2)CC1. The van der Waals surface area contributed by atoms with E-state index in [0.717, 1.165) is 51.2 Å². The van der Waals surface area contributed by atoms with Gasteiger partial charge in [0.1, 0.15) is 0 Å². The number of ether oxygens (including phenoxy) is 2. The summed E-state index contributed by atoms with van der Waals surface area (Å²) in [4.78, 5) is 14.1. The van der Waals surface area contributed by atoms with E-state index >= 15 is 0 Å². The minimum absolute atomic E-state index is 0.0522. The van der Waals surface area contributed by atoms with Crippen molar-refractivity contribution in [3.63, 3.8) is 0 Å². The van der Waals surface area contributed by atoms with Crippen molar-refractivity contribution in [1.29, 1.82) is 0 Å². The van der Waals surface area contributed by atoms with Gasteiger partial charge in [-0.2, -0.15) is 0 Å². The molecule has 0 spiro atoms. The highest BCUT2D eigenvalue weighted by Crippen LogP contribution is 2.19. The van der Waals surface area contributed by atoms with Gasteiger partial charge in [0.05, 0.1) is 25.7 Å². The van der Waals surface area contributed by atoms with Crippen LogP contribution < -0.4 is 0 Å². The van der Waals surface area contributed by atoms with Crippen LogP contribution in [0.2, 0.25) is 0 Å². The largest absolute Gasteiger partial charge is 0.381 e. The number of halogens is 2. The molecule has 0 N–H and O–H groups in total. The molecule has 24 heavy (non-hydrogen) atoms. The summed E-state index contributed by atoms with van der Waals surface area (Å²) in [5.41, 5.74) is 0.499. The maximum Gasteiger partial charge on any atom is 0.226 e. The van der Waals surface area contributed by atoms with Gasteiger partial charge in [-0.15, -0.1) is 0 Å². The number of rotatable bonds is 5. The molecule has 2 heterocycles. The first-order chi connectivity index (χ1) is 11.6. The lowest BCUT2D eigenvalue weighted by Gasteiger charge is -2.32. The van der Waals surface area contributed by atoms with Crippen LogP contribution in [0.25, 0.3) is 0 Å². The van der Waals surface area contributed by atoms with Crippen LogP contribution in [-0.2, 0) is 20.7 Å². The Balaban J connectivity index is 1.42. The lowest BCUT2D eigenvalue weighted by molar-refractivity contribution is -0.133. The first-order valence-electron chi connectivity index (χ1n) is 8.53. The molecule has 0 radical (unpaired) electrons. The molecule has 2 aliphatic heterocycles. The molecule has 3 rings (SSSR count). The van der Waals surface area contributed by atoms with Crippen molar-refractivity contribution in [2.45, 2.75) is 31.8 Å². The second-order valence-corrected chi connectivity index (χ2v) is 6.57. The summed E-state index contributed by atoms with van der Waals surface area (Å²) in [6, 6.07) is 3.60. The van der Waals surface area contributed by atoms with Crippen molar-refractivity contribution in [1.82, 2.24) is 4.90 Å². The Morgan fingerprint density at radius 3 is 2.67 bits per heavy atom. The maximum absolute atomic E-state index is 13.2. The van der Waals surface area contributed by atoms with Gasteiger partial charge in [0.25, 0.3) is 0 Å². The van der Waals surface area contributed by atoms with Gasteiger partial charge in [0.15, 0.2) is 11.6 Å². The first-order valence-corrected chi connectivity index (χ1v) is 8.53. The Kier molecular flexibility index (Phi) is 5.79. The van der Waals surface area contributed by atoms with E-state index in [4.69, 9.17) is 9.47 Å². The number of hydrogen-bond acceptors (Lipinski definition) is 3. The van der Waals surface area contributed by atoms with Gasteiger partial charge in [0.2, 0.25) is 5.91 Å². The second kappa shape index (κ2) is 8.03. The summed E-state index contributed by atoms with van der Waals surface area (Å²) >= 11 is 0. The van der Waals surface area contributed by atoms with E-state index < -0.39 is 11.6 Å². The quantitative estimate of drug-likeness (QED) is 0.828. The Bertz CT molecular complexity index is 567. The fraction of sp³-hybridized carbons (Fsp3) is 0.611. The standard InChI is InChI=1S/C18H23F2NO3/c19-16-2-1-13(9-17(16)20)10-18(22)21-6-3-15(4-7-21)24-12-14-5-8-23-11-14/h1-2,9,14-15H,3-8,10-12H2. The van der Waals surface area contributed by atoms with E-state index in [0.29, 0.717) is 24.6 Å². The van der Waals surface area contributed by atoms with Crippen LogP contribution in [0.15, 0.2) is 18.2 Å². The summed E-state index contributed by atoms with van der Waals surface area (Å²) in [5, 5.41) is 0. The molecular weight excluding hydrogens is 316 g/mol. The molecule has 0 saturated carbocycles. The predicted octanol–water partition coefficient (Wildman–Crippen LogP) is 2.55. The van der Waals surface area contributed by atoms with Crippen LogP contribution in [0.1, 0.15) is 24.8 Å². The molecule has 2 fully saturated rings. The van der Waals surface area contributed by atoms with Gasteiger partial charge in [-0.1, -0.05) is 6.07 Å². The topological polar surface area (TPSA) is 38.8 Å². The van der Waals surface area contributed by atoms with Gasteiger partial charge >= 0.3 is 0 Å². The molecule has 0 bridgehead atoms. The Hall–Kier alpha value is -1.53. The van der Waals surface area contributed by atoms with Gasteiger partial charge in [-0.3, -0.25) is 4.79 Å². The maximum atomic E-state index is 13.2. The molecule has 132 valence electrons. The summed E-state index contributed by atoms with van der Waals surface area (Å²) in [6.07, 6.45) is 2.99. The number of carbonyl (C=O) groups is 1. The van der Waals surface area contributed by atoms with Crippen molar-refractivity contribution in [2.24, 2.45) is 5.92 Å². The van der Waals surface area contributed by atoms with Crippen molar-refractivity contribution < 1.29 is 23.0 Å². The third-order valence-corrected chi connectivity index (χ3v) is 4.73. The van der Waals surface area contributed by atoms with Crippen LogP contribution in [-0.4, -0.2) is 49.8 Å². The number of carbonyl (C=O) groups excluding carboxylic acids is 1. The van der Waals surface area contributed by atoms with E-state index in [1.54, 1.807) is 4.90 Å². The third-order valence-electron chi connectivity index (χ3n) is 4.73. The number of hydrogen-bond donors (Lipinski definition) is 0. The normalized spacial score (nSPS) is 22.1. The zero-order valence-corrected chi connectivity index (χ0v) is 13.7. The zero-order valence-electron chi connectivity index (χ0n) is 13.7. The molecule has 1 aromatic carbocycles. The number of likely N-dealkylation sites (tertiary alicyclic amines) is 1. The molecule has 2 saturated heterocycles. The fourth-order valence-corrected chi connectivity index (χ4v) is 3.19. The van der Waals surface area contributed by atoms with Gasteiger partial charge in [-0.05, 0) is 37.0 Å². The summed E-state index contributed by atoms with van der Waals surface area (Å²) in [5.74, 6) is -1.36. The van der Waals surface area contributed by atoms with Crippen LogP contribution in [0, 0.1) is 17.6 Å². The monoisotopic (exact) mass is 339 g/mol. The summed E-state index contributed by atoms with van der Waals surface area (Å²) in [6.45, 7) is 3.63. The average Bonchev–Trinajstić information content (AvgIpc) is 3.10. The highest BCUT2D eigenvalue weighted by atomic mass is 19.2. The third kappa shape index (κ3) is 4.51. The number of piperidine rings is 1. The van der Waals surface area contributed by atoms with Crippen molar-refractivity contribution in [3.05, 3.63) is 35.4 Å². The van der Waals surface area contributed by atoms with Crippen LogP contribution in [0.5, 0.6) is 0 Å². The summed E-state index contributed by atoms with van der Waals surface area (Å²) in [7, 11) is 0. The molecule has 1 amide bonds. The second-order valence-electron chi connectivity index (χ2n) is 6.57. The van der Waals surface area contributed by atoms with E-state index in [1.807, 2.05) is 0 Å². The van der Waals surface area contributed by atoms with E-state index in [1.165, 1.54) is 6.07 Å². The van der Waals surface area contributed by atoms with E-state index in [-0.39, 0.29) is 18.4 Å². The lowest BCUT2D eigenvalue weighted by atomic mass is 10.1.